The molecule has 2 aromatic carbocycles. The highest BCUT2D eigenvalue weighted by atomic mass is 79.9. The molecule has 2 rings (SSSR count). The van der Waals surface area contributed by atoms with Crippen molar-refractivity contribution in [3.05, 3.63) is 74.2 Å². The van der Waals surface area contributed by atoms with Crippen molar-refractivity contribution in [1.82, 2.24) is 10.2 Å². The Hall–Kier alpha value is -2.39. The molecule has 0 aliphatic carbocycles. The van der Waals surface area contributed by atoms with Gasteiger partial charge in [0.1, 0.15) is 6.04 Å². The molecule has 0 aliphatic heterocycles. The van der Waals surface area contributed by atoms with E-state index in [1.165, 1.54) is 23.9 Å². The molecule has 0 heterocycles. The summed E-state index contributed by atoms with van der Waals surface area (Å²) in [6.07, 6.45) is 0. The second kappa shape index (κ2) is 11.7. The Kier molecular flexibility index (Phi) is 9.32. The first-order chi connectivity index (χ1) is 14.3. The summed E-state index contributed by atoms with van der Waals surface area (Å²) in [7, 11) is 0. The van der Waals surface area contributed by atoms with Crippen LogP contribution in [0.3, 0.4) is 0 Å². The summed E-state index contributed by atoms with van der Waals surface area (Å²) in [5, 5.41) is 13.5. The molecule has 30 heavy (non-hydrogen) atoms. The van der Waals surface area contributed by atoms with Gasteiger partial charge in [0.15, 0.2) is 0 Å². The molecule has 160 valence electrons. The quantitative estimate of drug-likeness (QED) is 0.396. The van der Waals surface area contributed by atoms with Crippen molar-refractivity contribution < 1.29 is 14.5 Å². The number of nitrogens with one attached hydrogen (secondary N) is 1. The van der Waals surface area contributed by atoms with E-state index < -0.39 is 11.0 Å². The fraction of sp³-hybridized carbons (Fsp3) is 0.333. The van der Waals surface area contributed by atoms with Gasteiger partial charge in [-0.1, -0.05) is 40.2 Å². The third-order valence-electron chi connectivity index (χ3n) is 4.40. The lowest BCUT2D eigenvalue weighted by Crippen LogP contribution is -2.48. The molecule has 0 spiro atoms. The van der Waals surface area contributed by atoms with Crippen molar-refractivity contribution in [3.63, 3.8) is 0 Å². The number of nitro benzene ring substituents is 1. The van der Waals surface area contributed by atoms with Gasteiger partial charge in [0, 0.05) is 35.4 Å². The maximum absolute atomic E-state index is 12.9. The number of nitrogens with zero attached hydrogens (tertiary/aromatic N) is 2. The number of nitro groups is 1. The van der Waals surface area contributed by atoms with Gasteiger partial charge in [-0.25, -0.2) is 0 Å². The number of amides is 2. The molecule has 0 saturated heterocycles. The second-order valence-electron chi connectivity index (χ2n) is 6.64. The van der Waals surface area contributed by atoms with Crippen molar-refractivity contribution in [2.24, 2.45) is 0 Å². The number of benzene rings is 2. The average molecular weight is 494 g/mol. The lowest BCUT2D eigenvalue weighted by Gasteiger charge is -2.28. The summed E-state index contributed by atoms with van der Waals surface area (Å²) in [5.74, 6) is 0.417. The molecular weight excluding hydrogens is 470 g/mol. The summed E-state index contributed by atoms with van der Waals surface area (Å²) < 4.78 is 0.908. The van der Waals surface area contributed by atoms with Crippen LogP contribution in [-0.2, 0) is 21.9 Å². The first-order valence-corrected chi connectivity index (χ1v) is 11.4. The van der Waals surface area contributed by atoms with Gasteiger partial charge in [-0.05, 0) is 37.1 Å². The van der Waals surface area contributed by atoms with Crippen molar-refractivity contribution in [2.45, 2.75) is 32.2 Å². The molecule has 0 radical (unpaired) electrons. The van der Waals surface area contributed by atoms with E-state index in [-0.39, 0.29) is 23.3 Å². The normalized spacial score (nSPS) is 11.6. The highest BCUT2D eigenvalue weighted by Crippen LogP contribution is 2.19. The highest BCUT2D eigenvalue weighted by Gasteiger charge is 2.25. The third-order valence-corrected chi connectivity index (χ3v) is 5.88. The van der Waals surface area contributed by atoms with Crippen molar-refractivity contribution in [2.75, 3.05) is 12.3 Å². The number of hydrogen-bond donors (Lipinski definition) is 1. The number of rotatable bonds is 10. The zero-order valence-corrected chi connectivity index (χ0v) is 19.2. The predicted octanol–water partition coefficient (Wildman–Crippen LogP) is 4.14. The minimum absolute atomic E-state index is 0.0378. The third kappa shape index (κ3) is 7.14. The number of non-ortho nitro benzene ring substituents is 1. The maximum atomic E-state index is 12.9. The molecule has 0 unspecified atom stereocenters. The van der Waals surface area contributed by atoms with Crippen LogP contribution in [0.25, 0.3) is 0 Å². The predicted molar refractivity (Wildman–Crippen MR) is 122 cm³/mol. The van der Waals surface area contributed by atoms with Crippen LogP contribution in [0, 0.1) is 10.1 Å². The lowest BCUT2D eigenvalue weighted by atomic mass is 10.1. The van der Waals surface area contributed by atoms with Gasteiger partial charge in [0.2, 0.25) is 11.8 Å². The fourth-order valence-electron chi connectivity index (χ4n) is 2.79. The molecule has 0 aliphatic rings. The number of carbonyl (C=O) groups is 2. The lowest BCUT2D eigenvalue weighted by molar-refractivity contribution is -0.384. The van der Waals surface area contributed by atoms with Gasteiger partial charge in [0.05, 0.1) is 10.7 Å². The molecule has 0 bridgehead atoms. The smallest absolute Gasteiger partial charge is 0.269 e. The summed E-state index contributed by atoms with van der Waals surface area (Å²) in [5.41, 5.74) is 1.86. The average Bonchev–Trinajstić information content (AvgIpc) is 2.72. The van der Waals surface area contributed by atoms with Gasteiger partial charge in [-0.15, -0.1) is 11.8 Å². The molecule has 0 saturated carbocycles. The Morgan fingerprint density at radius 2 is 1.90 bits per heavy atom. The zero-order chi connectivity index (χ0) is 22.1. The minimum Gasteiger partial charge on any atom is -0.355 e. The van der Waals surface area contributed by atoms with E-state index in [4.69, 9.17) is 0 Å². The van der Waals surface area contributed by atoms with Crippen LogP contribution in [0.2, 0.25) is 0 Å². The molecule has 2 aromatic rings. The topological polar surface area (TPSA) is 92.6 Å². The SMILES string of the molecule is CCNC(=O)[C@H](C)N(Cc1cccc(Br)c1)C(=O)CSCc1ccc([N+](=O)[O-])cc1. The summed E-state index contributed by atoms with van der Waals surface area (Å²) in [6.45, 7) is 4.39. The van der Waals surface area contributed by atoms with Crippen LogP contribution >= 0.6 is 27.7 Å². The molecule has 0 fully saturated rings. The highest BCUT2D eigenvalue weighted by molar-refractivity contribution is 9.10. The summed E-state index contributed by atoms with van der Waals surface area (Å²) in [4.78, 5) is 37.2. The molecule has 2 amide bonds. The van der Waals surface area contributed by atoms with Crippen LogP contribution in [0.4, 0.5) is 5.69 Å². The van der Waals surface area contributed by atoms with E-state index in [0.29, 0.717) is 18.8 Å². The Balaban J connectivity index is 2.03. The molecular formula is C21H24BrN3O4S. The van der Waals surface area contributed by atoms with E-state index in [9.17, 15) is 19.7 Å². The first kappa shape index (κ1) is 23.9. The molecule has 7 nitrogen and oxygen atoms in total. The van der Waals surface area contributed by atoms with E-state index in [1.807, 2.05) is 31.2 Å². The van der Waals surface area contributed by atoms with Gasteiger partial charge >= 0.3 is 0 Å². The van der Waals surface area contributed by atoms with Crippen LogP contribution in [0.5, 0.6) is 0 Å². The zero-order valence-electron chi connectivity index (χ0n) is 16.8. The second-order valence-corrected chi connectivity index (χ2v) is 8.54. The standard InChI is InChI=1S/C21H24BrN3O4S/c1-3-23-21(27)15(2)24(12-17-5-4-6-18(22)11-17)20(26)14-30-13-16-7-9-19(10-8-16)25(28)29/h4-11,15H,3,12-14H2,1-2H3,(H,23,27)/t15-/m0/s1. The molecule has 1 N–H and O–H groups in total. The number of hydrogen-bond acceptors (Lipinski definition) is 5. The number of halogens is 1. The largest absolute Gasteiger partial charge is 0.355 e. The van der Waals surface area contributed by atoms with Crippen LogP contribution in [0.1, 0.15) is 25.0 Å². The van der Waals surface area contributed by atoms with Gasteiger partial charge < -0.3 is 10.2 Å². The van der Waals surface area contributed by atoms with Crippen LogP contribution in [0.15, 0.2) is 53.0 Å². The van der Waals surface area contributed by atoms with Gasteiger partial charge in [0.25, 0.3) is 5.69 Å². The Labute approximate surface area is 188 Å². The molecule has 0 aromatic heterocycles. The molecule has 9 heteroatoms. The Morgan fingerprint density at radius 1 is 1.20 bits per heavy atom. The maximum Gasteiger partial charge on any atom is 0.269 e. The summed E-state index contributed by atoms with van der Waals surface area (Å²) in [6, 6.07) is 13.3. The Bertz CT molecular complexity index is 892. The van der Waals surface area contributed by atoms with E-state index in [1.54, 1.807) is 24.0 Å². The Morgan fingerprint density at radius 3 is 2.50 bits per heavy atom. The van der Waals surface area contributed by atoms with Crippen molar-refractivity contribution >= 4 is 45.2 Å². The number of carbonyl (C=O) groups excluding carboxylic acids is 2. The number of likely N-dealkylation sites (N-methyl/N-ethyl adjacent to an activating group) is 1. The fourth-order valence-corrected chi connectivity index (χ4v) is 4.11. The van der Waals surface area contributed by atoms with E-state index >= 15 is 0 Å². The first-order valence-electron chi connectivity index (χ1n) is 9.44. The van der Waals surface area contributed by atoms with Crippen molar-refractivity contribution in [3.8, 4) is 0 Å². The minimum atomic E-state index is -0.601. The monoisotopic (exact) mass is 493 g/mol. The van der Waals surface area contributed by atoms with Crippen LogP contribution < -0.4 is 5.32 Å². The number of thioether (sulfide) groups is 1. The van der Waals surface area contributed by atoms with E-state index in [0.717, 1.165) is 15.6 Å². The summed E-state index contributed by atoms with van der Waals surface area (Å²) >= 11 is 4.84. The molecule has 1 atom stereocenters. The van der Waals surface area contributed by atoms with Crippen molar-refractivity contribution in [1.29, 1.82) is 0 Å². The van der Waals surface area contributed by atoms with Gasteiger partial charge in [-0.2, -0.15) is 0 Å². The van der Waals surface area contributed by atoms with E-state index in [2.05, 4.69) is 21.2 Å². The van der Waals surface area contributed by atoms with Crippen LogP contribution in [-0.4, -0.2) is 40.0 Å². The van der Waals surface area contributed by atoms with Gasteiger partial charge in [-0.3, -0.25) is 19.7 Å².